The highest BCUT2D eigenvalue weighted by atomic mass is 35.5. The van der Waals surface area contributed by atoms with Gasteiger partial charge >= 0.3 is 0 Å². The minimum atomic E-state index is -0.165. The second-order valence-corrected chi connectivity index (χ2v) is 4.23. The van der Waals surface area contributed by atoms with Crippen molar-refractivity contribution in [2.75, 3.05) is 14.1 Å². The smallest absolute Gasteiger partial charge is 0.148 e. The van der Waals surface area contributed by atoms with Gasteiger partial charge in [-0.3, -0.25) is 4.90 Å². The van der Waals surface area contributed by atoms with Crippen molar-refractivity contribution in [3.63, 3.8) is 0 Å². The normalized spacial score (nSPS) is 12.1. The molecule has 0 spiro atoms. The van der Waals surface area contributed by atoms with Crippen molar-refractivity contribution < 1.29 is 0 Å². The van der Waals surface area contributed by atoms with Crippen molar-refractivity contribution >= 4 is 11.6 Å². The van der Waals surface area contributed by atoms with Crippen LogP contribution in [-0.2, 0) is 11.4 Å². The summed E-state index contributed by atoms with van der Waals surface area (Å²) in [4.78, 5) is 10.8. The summed E-state index contributed by atoms with van der Waals surface area (Å²) in [5.41, 5.74) is 0.703. The second-order valence-electron chi connectivity index (χ2n) is 3.96. The Balaban J connectivity index is 3.06. The number of hydrogen-bond donors (Lipinski definition) is 0. The van der Waals surface area contributed by atoms with Crippen LogP contribution < -0.4 is 0 Å². The predicted octanol–water partition coefficient (Wildman–Crippen LogP) is 2.01. The number of halogens is 1. The molecule has 3 nitrogen and oxygen atoms in total. The Morgan fingerprint density at radius 3 is 2.57 bits per heavy atom. The maximum Gasteiger partial charge on any atom is 0.148 e. The van der Waals surface area contributed by atoms with Crippen molar-refractivity contribution in [2.45, 2.75) is 25.3 Å². The predicted molar refractivity (Wildman–Crippen MR) is 58.3 cm³/mol. The van der Waals surface area contributed by atoms with E-state index in [4.69, 9.17) is 11.6 Å². The summed E-state index contributed by atoms with van der Waals surface area (Å²) in [7, 11) is 4.02. The molecule has 0 saturated heterocycles. The van der Waals surface area contributed by atoms with Gasteiger partial charge in [0.05, 0.1) is 17.1 Å². The summed E-state index contributed by atoms with van der Waals surface area (Å²) < 4.78 is 0. The zero-order chi connectivity index (χ0) is 10.8. The van der Waals surface area contributed by atoms with Crippen LogP contribution in [0.4, 0.5) is 0 Å². The Morgan fingerprint density at radius 2 is 2.07 bits per heavy atom. The van der Waals surface area contributed by atoms with E-state index in [-0.39, 0.29) is 5.54 Å². The lowest BCUT2D eigenvalue weighted by molar-refractivity contribution is 0.185. The van der Waals surface area contributed by atoms with E-state index >= 15 is 0 Å². The van der Waals surface area contributed by atoms with E-state index in [0.29, 0.717) is 5.88 Å². The van der Waals surface area contributed by atoms with E-state index in [1.54, 1.807) is 6.20 Å². The first-order valence-corrected chi connectivity index (χ1v) is 5.07. The molecule has 0 aromatic carbocycles. The molecule has 0 unspecified atom stereocenters. The molecule has 1 rings (SSSR count). The van der Waals surface area contributed by atoms with Crippen LogP contribution in [0.2, 0.25) is 0 Å². The third kappa shape index (κ3) is 2.22. The summed E-state index contributed by atoms with van der Waals surface area (Å²) >= 11 is 5.72. The van der Waals surface area contributed by atoms with Crippen molar-refractivity contribution in [1.29, 1.82) is 0 Å². The molecule has 0 aliphatic heterocycles. The average molecular weight is 214 g/mol. The first kappa shape index (κ1) is 11.4. The molecule has 4 heteroatoms. The largest absolute Gasteiger partial charge is 0.298 e. The third-order valence-corrected chi connectivity index (χ3v) is 2.79. The second kappa shape index (κ2) is 4.24. The Hall–Kier alpha value is -0.670. The summed E-state index contributed by atoms with van der Waals surface area (Å²) in [5, 5.41) is 0. The third-order valence-electron chi connectivity index (χ3n) is 2.52. The Labute approximate surface area is 90.1 Å². The molecule has 14 heavy (non-hydrogen) atoms. The van der Waals surface area contributed by atoms with Gasteiger partial charge in [-0.15, -0.1) is 11.6 Å². The Bertz CT molecular complexity index is 310. The van der Waals surface area contributed by atoms with Gasteiger partial charge in [-0.2, -0.15) is 0 Å². The molecule has 0 bridgehead atoms. The van der Waals surface area contributed by atoms with Gasteiger partial charge in [0, 0.05) is 6.20 Å². The zero-order valence-electron chi connectivity index (χ0n) is 9.08. The molecule has 78 valence electrons. The first-order valence-electron chi connectivity index (χ1n) is 4.54. The summed E-state index contributed by atoms with van der Waals surface area (Å²) in [5.74, 6) is 1.24. The molecule has 0 fully saturated rings. The van der Waals surface area contributed by atoms with Crippen molar-refractivity contribution in [1.82, 2.24) is 14.9 Å². The van der Waals surface area contributed by atoms with Crippen LogP contribution in [0, 0.1) is 0 Å². The molecule has 0 radical (unpaired) electrons. The van der Waals surface area contributed by atoms with E-state index in [1.807, 2.05) is 20.2 Å². The maximum absolute atomic E-state index is 5.72. The molecule has 1 heterocycles. The molecule has 0 aliphatic carbocycles. The van der Waals surface area contributed by atoms with Crippen LogP contribution in [0.25, 0.3) is 0 Å². The number of aromatic nitrogens is 2. The summed E-state index contributed by atoms with van der Waals surface area (Å²) in [6.07, 6.45) is 1.76. The number of hydrogen-bond acceptors (Lipinski definition) is 3. The molecule has 0 aliphatic rings. The fourth-order valence-electron chi connectivity index (χ4n) is 0.965. The molecule has 0 atom stereocenters. The van der Waals surface area contributed by atoms with Crippen LogP contribution in [-0.4, -0.2) is 29.0 Å². The molecule has 1 aromatic heterocycles. The van der Waals surface area contributed by atoms with Gasteiger partial charge in [-0.25, -0.2) is 9.97 Å². The molecular weight excluding hydrogens is 198 g/mol. The fraction of sp³-hybridized carbons (Fsp3) is 0.600. The van der Waals surface area contributed by atoms with E-state index in [1.165, 1.54) is 0 Å². The van der Waals surface area contributed by atoms with Gasteiger partial charge in [-0.1, -0.05) is 0 Å². The van der Waals surface area contributed by atoms with Gasteiger partial charge in [0.15, 0.2) is 0 Å². The van der Waals surface area contributed by atoms with Gasteiger partial charge in [0.1, 0.15) is 5.82 Å². The lowest BCUT2D eigenvalue weighted by Crippen LogP contribution is -2.37. The zero-order valence-corrected chi connectivity index (χ0v) is 9.84. The van der Waals surface area contributed by atoms with E-state index in [0.717, 1.165) is 11.5 Å². The van der Waals surface area contributed by atoms with Crippen molar-refractivity contribution in [3.8, 4) is 0 Å². The fourth-order valence-corrected chi connectivity index (χ4v) is 1.11. The monoisotopic (exact) mass is 213 g/mol. The van der Waals surface area contributed by atoms with E-state index in [2.05, 4.69) is 28.7 Å². The average Bonchev–Trinajstić information content (AvgIpc) is 2.17. The van der Waals surface area contributed by atoms with Gasteiger partial charge in [0.25, 0.3) is 0 Å². The standard InChI is InChI=1S/C10H16ClN3/c1-10(2,14(3)4)9-12-6-5-8(7-11)13-9/h5-6H,7H2,1-4H3. The molecule has 0 amide bonds. The van der Waals surface area contributed by atoms with Crippen LogP contribution in [0.1, 0.15) is 25.4 Å². The Morgan fingerprint density at radius 1 is 1.43 bits per heavy atom. The topological polar surface area (TPSA) is 29.0 Å². The van der Waals surface area contributed by atoms with Crippen LogP contribution >= 0.6 is 11.6 Å². The lowest BCUT2D eigenvalue weighted by Gasteiger charge is -2.30. The van der Waals surface area contributed by atoms with Crippen molar-refractivity contribution in [2.24, 2.45) is 0 Å². The molecule has 1 aromatic rings. The van der Waals surface area contributed by atoms with Gasteiger partial charge < -0.3 is 0 Å². The molecule has 0 saturated carbocycles. The van der Waals surface area contributed by atoms with E-state index < -0.39 is 0 Å². The quantitative estimate of drug-likeness (QED) is 0.720. The number of alkyl halides is 1. The summed E-state index contributed by atoms with van der Waals surface area (Å²) in [6, 6.07) is 1.84. The van der Waals surface area contributed by atoms with E-state index in [9.17, 15) is 0 Å². The molecular formula is C10H16ClN3. The highest BCUT2D eigenvalue weighted by Gasteiger charge is 2.26. The minimum absolute atomic E-state index is 0.165. The highest BCUT2D eigenvalue weighted by molar-refractivity contribution is 6.16. The molecule has 0 N–H and O–H groups in total. The first-order chi connectivity index (χ1) is 6.48. The van der Waals surface area contributed by atoms with Crippen LogP contribution in [0.3, 0.4) is 0 Å². The maximum atomic E-state index is 5.72. The summed E-state index contributed by atoms with van der Waals surface area (Å²) in [6.45, 7) is 4.17. The van der Waals surface area contributed by atoms with Gasteiger partial charge in [0.2, 0.25) is 0 Å². The van der Waals surface area contributed by atoms with Crippen LogP contribution in [0.5, 0.6) is 0 Å². The van der Waals surface area contributed by atoms with Crippen LogP contribution in [0.15, 0.2) is 12.3 Å². The number of rotatable bonds is 3. The number of nitrogens with zero attached hydrogens (tertiary/aromatic N) is 3. The van der Waals surface area contributed by atoms with Gasteiger partial charge in [-0.05, 0) is 34.0 Å². The SMILES string of the molecule is CN(C)C(C)(C)c1nccc(CCl)n1. The van der Waals surface area contributed by atoms with Crippen molar-refractivity contribution in [3.05, 3.63) is 23.8 Å². The lowest BCUT2D eigenvalue weighted by atomic mass is 10.0. The minimum Gasteiger partial charge on any atom is -0.298 e. The Kier molecular flexibility index (Phi) is 3.45. The highest BCUT2D eigenvalue weighted by Crippen LogP contribution is 2.21.